The number of hydroxylamine groups is 2. The van der Waals surface area contributed by atoms with Crippen molar-refractivity contribution in [3.63, 3.8) is 0 Å². The summed E-state index contributed by atoms with van der Waals surface area (Å²) in [5.41, 5.74) is -0.122. The highest BCUT2D eigenvalue weighted by molar-refractivity contribution is 6.08. The maximum Gasteiger partial charge on any atom is 0.210 e. The van der Waals surface area contributed by atoms with Gasteiger partial charge in [0.1, 0.15) is 11.5 Å². The average Bonchev–Trinajstić information content (AvgIpc) is 2.00. The number of ketones is 1. The lowest BCUT2D eigenvalue weighted by Crippen LogP contribution is -2.31. The molecule has 0 aromatic carbocycles. The average molecular weight is 197 g/mol. The molecular weight excluding hydrogens is 182 g/mol. The first kappa shape index (κ1) is 10.8. The van der Waals surface area contributed by atoms with Crippen LogP contribution in [0.15, 0.2) is 23.1 Å². The molecule has 0 saturated heterocycles. The second-order valence-corrected chi connectivity index (χ2v) is 4.10. The molecule has 4 nitrogen and oxygen atoms in total. The maximum atomic E-state index is 11.6. The number of Topliss-reactive ketones (excluding diaryl/α,β-unsaturated/α-hetero) is 1. The molecule has 0 aliphatic heterocycles. The first-order valence-electron chi connectivity index (χ1n) is 4.38. The number of likely N-dealkylation sites (N-methyl/N-ethyl adjacent to an activating group) is 1. The van der Waals surface area contributed by atoms with Crippen molar-refractivity contribution in [2.24, 2.45) is 5.41 Å². The Hall–Kier alpha value is -1.29. The van der Waals surface area contributed by atoms with E-state index in [2.05, 4.69) is 0 Å². The van der Waals surface area contributed by atoms with Gasteiger partial charge in [-0.2, -0.15) is 0 Å². The number of rotatable bonds is 1. The molecule has 0 unspecified atom stereocenters. The molecule has 0 fully saturated rings. The molecule has 0 aromatic rings. The normalized spacial score (nSPS) is 20.9. The van der Waals surface area contributed by atoms with Crippen LogP contribution in [0.4, 0.5) is 0 Å². The molecule has 0 heterocycles. The third kappa shape index (κ3) is 1.53. The van der Waals surface area contributed by atoms with E-state index in [0.717, 1.165) is 0 Å². The summed E-state index contributed by atoms with van der Waals surface area (Å²) >= 11 is 0. The van der Waals surface area contributed by atoms with Gasteiger partial charge >= 0.3 is 0 Å². The van der Waals surface area contributed by atoms with Gasteiger partial charge in [-0.05, 0) is 26.3 Å². The Morgan fingerprint density at radius 2 is 1.93 bits per heavy atom. The van der Waals surface area contributed by atoms with Gasteiger partial charge in [0, 0.05) is 12.5 Å². The van der Waals surface area contributed by atoms with Crippen LogP contribution in [0.3, 0.4) is 0 Å². The Balaban J connectivity index is 3.31. The number of allylic oxidation sites excluding steroid dienone is 2. The zero-order valence-corrected chi connectivity index (χ0v) is 8.83. The SMILES string of the molecule is CC1=CC(C)(C)C(O)=C(N(C)O)C1=O. The molecule has 78 valence electrons. The lowest BCUT2D eigenvalue weighted by molar-refractivity contribution is -0.120. The first-order chi connectivity index (χ1) is 6.27. The summed E-state index contributed by atoms with van der Waals surface area (Å²) < 4.78 is 0. The summed E-state index contributed by atoms with van der Waals surface area (Å²) in [6.07, 6.45) is 1.69. The zero-order chi connectivity index (χ0) is 11.1. The molecule has 0 saturated carbocycles. The van der Waals surface area contributed by atoms with Gasteiger partial charge < -0.3 is 5.11 Å². The van der Waals surface area contributed by atoms with Crippen LogP contribution >= 0.6 is 0 Å². The van der Waals surface area contributed by atoms with Crippen molar-refractivity contribution in [2.45, 2.75) is 20.8 Å². The van der Waals surface area contributed by atoms with Crippen LogP contribution in [0.1, 0.15) is 20.8 Å². The van der Waals surface area contributed by atoms with E-state index in [0.29, 0.717) is 10.6 Å². The van der Waals surface area contributed by atoms with Crippen molar-refractivity contribution >= 4 is 5.78 Å². The standard InChI is InChI=1S/C10H15NO3/c1-6-5-10(2,3)9(13)7(8(6)12)11(4)14/h5,13-14H,1-4H3. The number of nitrogens with zero attached hydrogens (tertiary/aromatic N) is 1. The molecular formula is C10H15NO3. The topological polar surface area (TPSA) is 60.8 Å². The summed E-state index contributed by atoms with van der Waals surface area (Å²) in [5.74, 6) is -0.440. The molecule has 0 aromatic heterocycles. The van der Waals surface area contributed by atoms with E-state index < -0.39 is 5.41 Å². The summed E-state index contributed by atoms with van der Waals surface area (Å²) in [6, 6.07) is 0. The van der Waals surface area contributed by atoms with Crippen LogP contribution in [0.5, 0.6) is 0 Å². The Kier molecular flexibility index (Phi) is 2.41. The van der Waals surface area contributed by atoms with E-state index in [1.54, 1.807) is 26.8 Å². The molecule has 0 atom stereocenters. The Morgan fingerprint density at radius 3 is 2.36 bits per heavy atom. The molecule has 4 heteroatoms. The molecule has 1 aliphatic carbocycles. The predicted molar refractivity (Wildman–Crippen MR) is 51.7 cm³/mol. The minimum atomic E-state index is -0.607. The van der Waals surface area contributed by atoms with Crippen molar-refractivity contribution in [3.8, 4) is 0 Å². The molecule has 14 heavy (non-hydrogen) atoms. The molecule has 1 rings (SSSR count). The van der Waals surface area contributed by atoms with Crippen LogP contribution < -0.4 is 0 Å². The van der Waals surface area contributed by atoms with Crippen LogP contribution in [-0.2, 0) is 4.79 Å². The van der Waals surface area contributed by atoms with Crippen molar-refractivity contribution in [3.05, 3.63) is 23.1 Å². The van der Waals surface area contributed by atoms with Crippen LogP contribution in [0, 0.1) is 5.41 Å². The Bertz CT molecular complexity index is 337. The number of carbonyl (C=O) groups is 1. The summed E-state index contributed by atoms with van der Waals surface area (Å²) in [7, 11) is 1.32. The zero-order valence-electron chi connectivity index (χ0n) is 8.83. The molecule has 2 N–H and O–H groups in total. The number of hydrogen-bond donors (Lipinski definition) is 2. The fraction of sp³-hybridized carbons (Fsp3) is 0.500. The molecule has 0 bridgehead atoms. The molecule has 0 radical (unpaired) electrons. The third-order valence-corrected chi connectivity index (χ3v) is 2.31. The van der Waals surface area contributed by atoms with Gasteiger partial charge in [0.2, 0.25) is 5.78 Å². The lowest BCUT2D eigenvalue weighted by atomic mass is 9.81. The largest absolute Gasteiger partial charge is 0.509 e. The summed E-state index contributed by atoms with van der Waals surface area (Å²) in [6.45, 7) is 5.23. The van der Waals surface area contributed by atoms with Crippen molar-refractivity contribution in [1.29, 1.82) is 0 Å². The molecule has 1 aliphatic rings. The van der Waals surface area contributed by atoms with Gasteiger partial charge in [-0.3, -0.25) is 15.1 Å². The van der Waals surface area contributed by atoms with Gasteiger partial charge in [0.15, 0.2) is 0 Å². The smallest absolute Gasteiger partial charge is 0.210 e. The lowest BCUT2D eigenvalue weighted by Gasteiger charge is -2.29. The first-order valence-corrected chi connectivity index (χ1v) is 4.38. The van der Waals surface area contributed by atoms with E-state index in [1.807, 2.05) is 0 Å². The summed E-state index contributed by atoms with van der Waals surface area (Å²) in [4.78, 5) is 11.6. The third-order valence-electron chi connectivity index (χ3n) is 2.31. The van der Waals surface area contributed by atoms with Gasteiger partial charge in [0.25, 0.3) is 0 Å². The number of hydrogen-bond acceptors (Lipinski definition) is 4. The van der Waals surface area contributed by atoms with Gasteiger partial charge in [-0.1, -0.05) is 6.08 Å². The number of aliphatic hydroxyl groups is 1. The van der Waals surface area contributed by atoms with Crippen molar-refractivity contribution in [1.82, 2.24) is 5.06 Å². The minimum Gasteiger partial charge on any atom is -0.509 e. The Morgan fingerprint density at radius 1 is 1.43 bits per heavy atom. The fourth-order valence-electron chi connectivity index (χ4n) is 1.57. The van der Waals surface area contributed by atoms with E-state index >= 15 is 0 Å². The van der Waals surface area contributed by atoms with Gasteiger partial charge in [0.05, 0.1) is 0 Å². The van der Waals surface area contributed by atoms with Crippen LogP contribution in [-0.4, -0.2) is 28.2 Å². The number of carbonyl (C=O) groups excluding carboxylic acids is 1. The van der Waals surface area contributed by atoms with Crippen molar-refractivity contribution in [2.75, 3.05) is 7.05 Å². The quantitative estimate of drug-likeness (QED) is 0.627. The van der Waals surface area contributed by atoms with E-state index in [-0.39, 0.29) is 17.2 Å². The second kappa shape index (κ2) is 3.13. The molecule has 0 amide bonds. The van der Waals surface area contributed by atoms with Crippen molar-refractivity contribution < 1.29 is 15.1 Å². The van der Waals surface area contributed by atoms with E-state index in [4.69, 9.17) is 0 Å². The molecule has 0 spiro atoms. The fourth-order valence-corrected chi connectivity index (χ4v) is 1.57. The highest BCUT2D eigenvalue weighted by Gasteiger charge is 2.34. The second-order valence-electron chi connectivity index (χ2n) is 4.10. The highest BCUT2D eigenvalue weighted by atomic mass is 16.5. The van der Waals surface area contributed by atoms with Gasteiger partial charge in [-0.15, -0.1) is 0 Å². The van der Waals surface area contributed by atoms with E-state index in [9.17, 15) is 15.1 Å². The number of aliphatic hydroxyl groups excluding tert-OH is 1. The Labute approximate surface area is 83.1 Å². The monoisotopic (exact) mass is 197 g/mol. The van der Waals surface area contributed by atoms with Crippen LogP contribution in [0.25, 0.3) is 0 Å². The predicted octanol–water partition coefficient (Wildman–Crippen LogP) is 1.63. The maximum absolute atomic E-state index is 11.6. The van der Waals surface area contributed by atoms with E-state index in [1.165, 1.54) is 7.05 Å². The van der Waals surface area contributed by atoms with Crippen LogP contribution in [0.2, 0.25) is 0 Å². The summed E-state index contributed by atoms with van der Waals surface area (Å²) in [5, 5.41) is 19.7. The minimum absolute atomic E-state index is 0.0463. The van der Waals surface area contributed by atoms with Gasteiger partial charge in [-0.25, -0.2) is 0 Å². The highest BCUT2D eigenvalue weighted by Crippen LogP contribution is 2.35.